The first-order valence-corrected chi connectivity index (χ1v) is 9.24. The Morgan fingerprint density at radius 2 is 1.81 bits per heavy atom. The highest BCUT2D eigenvalue weighted by molar-refractivity contribution is 5.39. The van der Waals surface area contributed by atoms with Crippen LogP contribution in [0.15, 0.2) is 24.3 Å². The van der Waals surface area contributed by atoms with E-state index in [1.54, 1.807) is 7.11 Å². The van der Waals surface area contributed by atoms with E-state index in [2.05, 4.69) is 35.8 Å². The van der Waals surface area contributed by atoms with Crippen molar-refractivity contribution >= 4 is 0 Å². The second-order valence-corrected chi connectivity index (χ2v) is 6.66. The summed E-state index contributed by atoms with van der Waals surface area (Å²) >= 11 is 0. The number of aromatic nitrogens is 3. The topological polar surface area (TPSA) is 55.7 Å². The third-order valence-corrected chi connectivity index (χ3v) is 4.93. The zero-order valence-electron chi connectivity index (χ0n) is 16.2. The summed E-state index contributed by atoms with van der Waals surface area (Å²) in [5, 5.41) is 4.63. The summed E-state index contributed by atoms with van der Waals surface area (Å²) in [6, 6.07) is 7.87. The lowest BCUT2D eigenvalue weighted by molar-refractivity contribution is 0.113. The van der Waals surface area contributed by atoms with Crippen LogP contribution in [0, 0.1) is 0 Å². The van der Waals surface area contributed by atoms with E-state index in [0.29, 0.717) is 23.9 Å². The molecule has 0 spiro atoms. The molecule has 0 unspecified atom stereocenters. The van der Waals surface area contributed by atoms with Gasteiger partial charge in [-0.2, -0.15) is 5.10 Å². The lowest BCUT2D eigenvalue weighted by Crippen LogP contribution is -2.45. The second-order valence-electron chi connectivity index (χ2n) is 6.66. The molecule has 0 saturated carbocycles. The van der Waals surface area contributed by atoms with E-state index in [4.69, 9.17) is 14.5 Å². The quantitative estimate of drug-likeness (QED) is 0.755. The van der Waals surface area contributed by atoms with Crippen molar-refractivity contribution in [3.05, 3.63) is 35.9 Å². The van der Waals surface area contributed by atoms with Crippen LogP contribution in [0.4, 0.5) is 0 Å². The fourth-order valence-corrected chi connectivity index (χ4v) is 3.26. The first kappa shape index (κ1) is 18.7. The molecular weight excluding hydrogens is 330 g/mol. The third kappa shape index (κ3) is 4.16. The van der Waals surface area contributed by atoms with Crippen molar-refractivity contribution in [2.75, 3.05) is 40.3 Å². The second kappa shape index (κ2) is 8.51. The lowest BCUT2D eigenvalue weighted by Gasteiger charge is -2.35. The monoisotopic (exact) mass is 359 g/mol. The fraction of sp³-hybridized carbons (Fsp3) is 0.579. The Morgan fingerprint density at radius 1 is 1.12 bits per heavy atom. The molecule has 2 heterocycles. The average Bonchev–Trinajstić information content (AvgIpc) is 3.10. The number of hydrogen-bond acceptors (Lipinski definition) is 6. The number of aryl methyl sites for hydroxylation is 1. The van der Waals surface area contributed by atoms with Crippen LogP contribution in [-0.2, 0) is 13.2 Å². The van der Waals surface area contributed by atoms with Crippen molar-refractivity contribution in [2.45, 2.75) is 33.0 Å². The summed E-state index contributed by atoms with van der Waals surface area (Å²) in [7, 11) is 3.81. The van der Waals surface area contributed by atoms with Crippen LogP contribution in [0.2, 0.25) is 0 Å². The SMILES string of the molecule is CCn1nc(COc2ccccc2OC)nc1[C@H](C)N1CCN(C)CC1. The van der Waals surface area contributed by atoms with Crippen LogP contribution in [0.1, 0.15) is 31.5 Å². The van der Waals surface area contributed by atoms with Crippen molar-refractivity contribution in [1.29, 1.82) is 0 Å². The number of rotatable bonds is 7. The van der Waals surface area contributed by atoms with Crippen LogP contribution in [-0.4, -0.2) is 64.9 Å². The van der Waals surface area contributed by atoms with Crippen LogP contribution >= 0.6 is 0 Å². The summed E-state index contributed by atoms with van der Waals surface area (Å²) in [4.78, 5) is 9.61. The Hall–Kier alpha value is -2.12. The number of para-hydroxylation sites is 2. The van der Waals surface area contributed by atoms with Gasteiger partial charge in [0.15, 0.2) is 17.3 Å². The van der Waals surface area contributed by atoms with Gasteiger partial charge in [-0.3, -0.25) is 4.90 Å². The third-order valence-electron chi connectivity index (χ3n) is 4.93. The molecule has 1 aliphatic heterocycles. The molecule has 0 amide bonds. The molecule has 1 atom stereocenters. The van der Waals surface area contributed by atoms with E-state index in [1.807, 2.05) is 28.9 Å². The molecule has 1 aromatic carbocycles. The van der Waals surface area contributed by atoms with Gasteiger partial charge in [0.05, 0.1) is 13.2 Å². The van der Waals surface area contributed by atoms with Gasteiger partial charge in [-0.1, -0.05) is 12.1 Å². The number of piperazine rings is 1. The highest BCUT2D eigenvalue weighted by Crippen LogP contribution is 2.27. The van der Waals surface area contributed by atoms with Crippen LogP contribution in [0.5, 0.6) is 11.5 Å². The standard InChI is InChI=1S/C19H29N5O2/c1-5-24-19(15(2)23-12-10-22(3)11-13-23)20-18(21-24)14-26-17-9-7-6-8-16(17)25-4/h6-9,15H,5,10-14H2,1-4H3/t15-/m0/s1. The van der Waals surface area contributed by atoms with Crippen molar-refractivity contribution in [1.82, 2.24) is 24.6 Å². The summed E-state index contributed by atoms with van der Waals surface area (Å²) in [5.74, 6) is 3.13. The molecule has 142 valence electrons. The molecule has 2 aromatic rings. The number of nitrogens with zero attached hydrogens (tertiary/aromatic N) is 5. The van der Waals surface area contributed by atoms with Crippen LogP contribution in [0.25, 0.3) is 0 Å². The van der Waals surface area contributed by atoms with Gasteiger partial charge in [-0.25, -0.2) is 9.67 Å². The first-order valence-electron chi connectivity index (χ1n) is 9.24. The maximum atomic E-state index is 5.88. The van der Waals surface area contributed by atoms with Crippen LogP contribution in [0.3, 0.4) is 0 Å². The summed E-state index contributed by atoms with van der Waals surface area (Å²) in [5.41, 5.74) is 0. The van der Waals surface area contributed by atoms with Gasteiger partial charge in [0.1, 0.15) is 12.4 Å². The number of hydrogen-bond donors (Lipinski definition) is 0. The average molecular weight is 359 g/mol. The molecule has 1 aliphatic rings. The number of methoxy groups -OCH3 is 1. The molecule has 7 heteroatoms. The van der Waals surface area contributed by atoms with E-state index >= 15 is 0 Å². The molecule has 0 radical (unpaired) electrons. The number of benzene rings is 1. The minimum atomic E-state index is 0.246. The van der Waals surface area contributed by atoms with E-state index in [9.17, 15) is 0 Å². The Bertz CT molecular complexity index is 710. The van der Waals surface area contributed by atoms with Gasteiger partial charge in [-0.05, 0) is 33.0 Å². The lowest BCUT2D eigenvalue weighted by atomic mass is 10.2. The molecule has 7 nitrogen and oxygen atoms in total. The Labute approximate surface area is 155 Å². The largest absolute Gasteiger partial charge is 0.493 e. The van der Waals surface area contributed by atoms with Gasteiger partial charge in [0.2, 0.25) is 0 Å². The van der Waals surface area contributed by atoms with Crippen molar-refractivity contribution in [2.24, 2.45) is 0 Å². The minimum absolute atomic E-state index is 0.246. The van der Waals surface area contributed by atoms with E-state index in [1.165, 1.54) is 0 Å². The van der Waals surface area contributed by atoms with Gasteiger partial charge in [0, 0.05) is 32.7 Å². The van der Waals surface area contributed by atoms with Gasteiger partial charge >= 0.3 is 0 Å². The van der Waals surface area contributed by atoms with Gasteiger partial charge < -0.3 is 14.4 Å². The highest BCUT2D eigenvalue weighted by atomic mass is 16.5. The normalized spacial score (nSPS) is 17.2. The molecular formula is C19H29N5O2. The van der Waals surface area contributed by atoms with Crippen molar-refractivity contribution < 1.29 is 9.47 Å². The fourth-order valence-electron chi connectivity index (χ4n) is 3.26. The molecule has 1 fully saturated rings. The number of ether oxygens (including phenoxy) is 2. The molecule has 1 aromatic heterocycles. The number of likely N-dealkylation sites (N-methyl/N-ethyl adjacent to an activating group) is 1. The van der Waals surface area contributed by atoms with Crippen molar-refractivity contribution in [3.8, 4) is 11.5 Å². The first-order chi connectivity index (χ1) is 12.6. The summed E-state index contributed by atoms with van der Waals surface area (Å²) in [6.07, 6.45) is 0. The molecule has 26 heavy (non-hydrogen) atoms. The molecule has 1 saturated heterocycles. The predicted molar refractivity (Wildman–Crippen MR) is 101 cm³/mol. The maximum absolute atomic E-state index is 5.88. The van der Waals surface area contributed by atoms with E-state index < -0.39 is 0 Å². The summed E-state index contributed by atoms with van der Waals surface area (Å²) < 4.78 is 13.2. The highest BCUT2D eigenvalue weighted by Gasteiger charge is 2.25. The maximum Gasteiger partial charge on any atom is 0.188 e. The Balaban J connectivity index is 1.70. The molecule has 0 N–H and O–H groups in total. The Kier molecular flexibility index (Phi) is 6.11. The molecule has 0 bridgehead atoms. The van der Waals surface area contributed by atoms with Crippen molar-refractivity contribution in [3.63, 3.8) is 0 Å². The van der Waals surface area contributed by atoms with Gasteiger partial charge in [-0.15, -0.1) is 0 Å². The zero-order valence-corrected chi connectivity index (χ0v) is 16.2. The molecule has 0 aliphatic carbocycles. The smallest absolute Gasteiger partial charge is 0.188 e. The molecule has 3 rings (SSSR count). The zero-order chi connectivity index (χ0) is 18.5. The minimum Gasteiger partial charge on any atom is -0.493 e. The van der Waals surface area contributed by atoms with E-state index in [-0.39, 0.29) is 6.04 Å². The van der Waals surface area contributed by atoms with E-state index in [0.717, 1.165) is 38.5 Å². The van der Waals surface area contributed by atoms with Crippen LogP contribution < -0.4 is 9.47 Å². The predicted octanol–water partition coefficient (Wildman–Crippen LogP) is 2.19. The van der Waals surface area contributed by atoms with Gasteiger partial charge in [0.25, 0.3) is 0 Å². The summed E-state index contributed by atoms with van der Waals surface area (Å²) in [6.45, 7) is 9.74. The Morgan fingerprint density at radius 3 is 2.46 bits per heavy atom.